The zero-order chi connectivity index (χ0) is 14.9. The molecular weight excluding hydrogens is 354 g/mol. The molecule has 20 heavy (non-hydrogen) atoms. The molecule has 0 aliphatic carbocycles. The van der Waals surface area contributed by atoms with Gasteiger partial charge in [-0.05, 0) is 40.5 Å². The number of nitrogens with one attached hydrogen (secondary N) is 1. The summed E-state index contributed by atoms with van der Waals surface area (Å²) in [6.45, 7) is 1.45. The Balaban J connectivity index is 2.33. The summed E-state index contributed by atoms with van der Waals surface area (Å²) in [5.41, 5.74) is -0.172. The lowest BCUT2D eigenvalue weighted by molar-refractivity contribution is 0.101. The fraction of sp³-hybridized carbons (Fsp3) is 0.0769. The Labute approximate surface area is 127 Å². The van der Waals surface area contributed by atoms with Gasteiger partial charge in [-0.3, -0.25) is 4.79 Å². The van der Waals surface area contributed by atoms with Crippen LogP contribution in [-0.2, 0) is 0 Å². The molecule has 2 aromatic rings. The van der Waals surface area contributed by atoms with Crippen LogP contribution >= 0.6 is 27.5 Å². The Morgan fingerprint density at radius 1 is 1.40 bits per heavy atom. The lowest BCUT2D eigenvalue weighted by Crippen LogP contribution is -2.16. The van der Waals surface area contributed by atoms with Gasteiger partial charge in [0.1, 0.15) is 22.4 Å². The molecule has 0 radical (unpaired) electrons. The van der Waals surface area contributed by atoms with E-state index in [4.69, 9.17) is 11.6 Å². The van der Waals surface area contributed by atoms with Crippen molar-refractivity contribution in [2.75, 3.05) is 5.32 Å². The molecule has 0 spiro atoms. The minimum Gasteiger partial charge on any atom is -0.320 e. The molecule has 0 atom stereocenters. The van der Waals surface area contributed by atoms with Gasteiger partial charge in [0.15, 0.2) is 0 Å². The first-order chi connectivity index (χ1) is 9.40. The van der Waals surface area contributed by atoms with E-state index in [1.165, 1.54) is 25.3 Å². The van der Waals surface area contributed by atoms with Gasteiger partial charge in [-0.1, -0.05) is 17.7 Å². The summed E-state index contributed by atoms with van der Waals surface area (Å²) in [7, 11) is 0. The standard InChI is InChI=1S/C13H8BrClF2N2O/c1-6-2-3-9(16)10(11(6)17)13(20)19-7-4-8(14)12(15)18-5-7/h2-5H,1H3,(H,19,20). The molecule has 7 heteroatoms. The number of hydrogen-bond donors (Lipinski definition) is 1. The third-order valence-electron chi connectivity index (χ3n) is 2.57. The van der Waals surface area contributed by atoms with E-state index in [9.17, 15) is 13.6 Å². The van der Waals surface area contributed by atoms with Gasteiger partial charge >= 0.3 is 0 Å². The lowest BCUT2D eigenvalue weighted by atomic mass is 10.1. The number of aryl methyl sites for hydroxylation is 1. The zero-order valence-corrected chi connectivity index (χ0v) is 12.5. The number of pyridine rings is 1. The maximum atomic E-state index is 13.8. The van der Waals surface area contributed by atoms with Crippen molar-refractivity contribution in [1.29, 1.82) is 0 Å². The highest BCUT2D eigenvalue weighted by Crippen LogP contribution is 2.24. The molecule has 0 bridgehead atoms. The largest absolute Gasteiger partial charge is 0.320 e. The van der Waals surface area contributed by atoms with E-state index >= 15 is 0 Å². The van der Waals surface area contributed by atoms with Crippen molar-refractivity contribution in [2.45, 2.75) is 6.92 Å². The number of amides is 1. The molecule has 1 aromatic carbocycles. The predicted octanol–water partition coefficient (Wildman–Crippen LogP) is 4.34. The number of rotatable bonds is 2. The number of nitrogens with zero attached hydrogens (tertiary/aromatic N) is 1. The van der Waals surface area contributed by atoms with Crippen LogP contribution in [0.1, 0.15) is 15.9 Å². The van der Waals surface area contributed by atoms with E-state index in [-0.39, 0.29) is 16.4 Å². The Bertz CT molecular complexity index is 694. The van der Waals surface area contributed by atoms with Crippen molar-refractivity contribution in [1.82, 2.24) is 4.98 Å². The van der Waals surface area contributed by atoms with Crippen molar-refractivity contribution in [3.63, 3.8) is 0 Å². The molecular formula is C13H8BrClF2N2O. The summed E-state index contributed by atoms with van der Waals surface area (Å²) in [6.07, 6.45) is 1.29. The summed E-state index contributed by atoms with van der Waals surface area (Å²) in [5.74, 6) is -2.70. The Morgan fingerprint density at radius 3 is 2.75 bits per heavy atom. The smallest absolute Gasteiger partial charge is 0.261 e. The highest BCUT2D eigenvalue weighted by molar-refractivity contribution is 9.10. The molecule has 0 unspecified atom stereocenters. The third kappa shape index (κ3) is 2.96. The molecule has 104 valence electrons. The molecule has 0 fully saturated rings. The van der Waals surface area contributed by atoms with E-state index in [2.05, 4.69) is 26.2 Å². The second kappa shape index (κ2) is 5.85. The van der Waals surface area contributed by atoms with Crippen LogP contribution < -0.4 is 5.32 Å². The monoisotopic (exact) mass is 360 g/mol. The molecule has 1 heterocycles. The maximum absolute atomic E-state index is 13.8. The summed E-state index contributed by atoms with van der Waals surface area (Å²) in [5, 5.41) is 2.58. The fourth-order valence-electron chi connectivity index (χ4n) is 1.55. The quantitative estimate of drug-likeness (QED) is 0.809. The first-order valence-corrected chi connectivity index (χ1v) is 6.64. The van der Waals surface area contributed by atoms with Crippen LogP contribution in [0.3, 0.4) is 0 Å². The first-order valence-electron chi connectivity index (χ1n) is 5.47. The molecule has 0 aliphatic heterocycles. The van der Waals surface area contributed by atoms with Crippen molar-refractivity contribution in [2.24, 2.45) is 0 Å². The first kappa shape index (κ1) is 14.9. The zero-order valence-electron chi connectivity index (χ0n) is 10.2. The van der Waals surface area contributed by atoms with Gasteiger partial charge < -0.3 is 5.32 Å². The second-order valence-corrected chi connectivity index (χ2v) is 5.22. The summed E-state index contributed by atoms with van der Waals surface area (Å²) >= 11 is 8.85. The topological polar surface area (TPSA) is 42.0 Å². The molecule has 1 aromatic heterocycles. The van der Waals surface area contributed by atoms with Crippen LogP contribution in [0.4, 0.5) is 14.5 Å². The van der Waals surface area contributed by atoms with Gasteiger partial charge in [0, 0.05) is 0 Å². The van der Waals surface area contributed by atoms with Gasteiger partial charge in [0.05, 0.1) is 16.4 Å². The van der Waals surface area contributed by atoms with E-state index < -0.39 is 23.1 Å². The van der Waals surface area contributed by atoms with Crippen LogP contribution in [0.15, 0.2) is 28.9 Å². The number of halogens is 4. The molecule has 0 saturated carbocycles. The Morgan fingerprint density at radius 2 is 2.10 bits per heavy atom. The number of hydrogen-bond acceptors (Lipinski definition) is 2. The molecule has 2 rings (SSSR count). The number of carbonyl (C=O) groups excluding carboxylic acids is 1. The molecule has 0 saturated heterocycles. The maximum Gasteiger partial charge on any atom is 0.261 e. The van der Waals surface area contributed by atoms with Gasteiger partial charge in [0.2, 0.25) is 0 Å². The second-order valence-electron chi connectivity index (χ2n) is 4.00. The van der Waals surface area contributed by atoms with Crippen LogP contribution in [0.5, 0.6) is 0 Å². The highest BCUT2D eigenvalue weighted by atomic mass is 79.9. The number of benzene rings is 1. The minimum absolute atomic E-state index is 0.187. The average Bonchev–Trinajstić information content (AvgIpc) is 2.39. The molecule has 3 nitrogen and oxygen atoms in total. The number of aromatic nitrogens is 1. The Hall–Kier alpha value is -1.53. The number of anilines is 1. The van der Waals surface area contributed by atoms with Crippen LogP contribution in [0.25, 0.3) is 0 Å². The highest BCUT2D eigenvalue weighted by Gasteiger charge is 2.19. The predicted molar refractivity (Wildman–Crippen MR) is 76.0 cm³/mol. The van der Waals surface area contributed by atoms with E-state index in [1.54, 1.807) is 0 Å². The van der Waals surface area contributed by atoms with Crippen molar-refractivity contribution in [3.8, 4) is 0 Å². The summed E-state index contributed by atoms with van der Waals surface area (Å²) in [6, 6.07) is 3.80. The van der Waals surface area contributed by atoms with Gasteiger partial charge in [0.25, 0.3) is 5.91 Å². The fourth-order valence-corrected chi connectivity index (χ4v) is 2.00. The van der Waals surface area contributed by atoms with E-state index in [0.717, 1.165) is 6.07 Å². The lowest BCUT2D eigenvalue weighted by Gasteiger charge is -2.09. The van der Waals surface area contributed by atoms with Crippen molar-refractivity contribution < 1.29 is 13.6 Å². The summed E-state index contributed by atoms with van der Waals surface area (Å²) < 4.78 is 27.9. The van der Waals surface area contributed by atoms with E-state index in [0.29, 0.717) is 4.47 Å². The normalized spacial score (nSPS) is 10.4. The number of carbonyl (C=O) groups is 1. The van der Waals surface area contributed by atoms with Gasteiger partial charge in [-0.25, -0.2) is 13.8 Å². The van der Waals surface area contributed by atoms with Crippen LogP contribution in [-0.4, -0.2) is 10.9 Å². The van der Waals surface area contributed by atoms with Crippen LogP contribution in [0, 0.1) is 18.6 Å². The summed E-state index contributed by atoms with van der Waals surface area (Å²) in [4.78, 5) is 15.7. The average molecular weight is 362 g/mol. The Kier molecular flexibility index (Phi) is 4.35. The van der Waals surface area contributed by atoms with E-state index in [1.807, 2.05) is 0 Å². The molecule has 1 N–H and O–H groups in total. The van der Waals surface area contributed by atoms with Crippen LogP contribution in [0.2, 0.25) is 5.15 Å². The third-order valence-corrected chi connectivity index (χ3v) is 3.70. The molecule has 0 aliphatic rings. The SMILES string of the molecule is Cc1ccc(F)c(C(=O)Nc2cnc(Cl)c(Br)c2)c1F. The van der Waals surface area contributed by atoms with Crippen molar-refractivity contribution >= 4 is 39.1 Å². The minimum atomic E-state index is -0.924. The van der Waals surface area contributed by atoms with Gasteiger partial charge in [-0.2, -0.15) is 0 Å². The van der Waals surface area contributed by atoms with Crippen molar-refractivity contribution in [3.05, 3.63) is 56.8 Å². The van der Waals surface area contributed by atoms with Gasteiger partial charge in [-0.15, -0.1) is 0 Å². The molecule has 1 amide bonds.